The van der Waals surface area contributed by atoms with Crippen LogP contribution in [0.4, 0.5) is 27.8 Å². The zero-order valence-electron chi connectivity index (χ0n) is 13.0. The number of nitrogens with one attached hydrogen (secondary N) is 1. The van der Waals surface area contributed by atoms with Gasteiger partial charge in [-0.1, -0.05) is 18.2 Å². The molecule has 0 unspecified atom stereocenters. The topological polar surface area (TPSA) is 128 Å². The summed E-state index contributed by atoms with van der Waals surface area (Å²) in [6.07, 6.45) is -0.973. The van der Waals surface area contributed by atoms with Crippen molar-refractivity contribution in [1.29, 1.82) is 0 Å². The van der Waals surface area contributed by atoms with Crippen molar-refractivity contribution in [3.63, 3.8) is 0 Å². The van der Waals surface area contributed by atoms with Crippen LogP contribution in [-0.2, 0) is 9.53 Å². The van der Waals surface area contributed by atoms with Crippen LogP contribution in [-0.4, -0.2) is 24.2 Å². The number of benzene rings is 1. The van der Waals surface area contributed by atoms with Crippen molar-refractivity contribution in [3.05, 3.63) is 36.4 Å². The smallest absolute Gasteiger partial charge is 0.437 e. The highest BCUT2D eigenvalue weighted by atomic mass is 16.7. The molecule has 9 nitrogen and oxygen atoms in total. The maximum atomic E-state index is 11.3. The molecule has 9 heteroatoms. The number of hydrogen-bond acceptors (Lipinski definition) is 8. The number of rotatable bonds is 4. The van der Waals surface area contributed by atoms with Gasteiger partial charge in [0.15, 0.2) is 17.4 Å². The van der Waals surface area contributed by atoms with E-state index in [-0.39, 0.29) is 23.1 Å². The van der Waals surface area contributed by atoms with Gasteiger partial charge in [0.2, 0.25) is 5.91 Å². The highest BCUT2D eigenvalue weighted by Crippen LogP contribution is 2.33. The van der Waals surface area contributed by atoms with E-state index in [9.17, 15) is 9.59 Å². The standard InChI is InChI=1S/C15H15N5O4/c1-9(21)17-14-12(24-15(22)23-2)8-11(13(16)18-14)20-19-10-6-4-3-5-7-10/h3-8H,1-2H3,(H3,16,17,18,21)/b20-19+. The predicted octanol–water partition coefficient (Wildman–Crippen LogP) is 3.18. The number of nitrogens with two attached hydrogens (primary N) is 1. The third kappa shape index (κ3) is 4.50. The monoisotopic (exact) mass is 329 g/mol. The molecule has 0 spiro atoms. The van der Waals surface area contributed by atoms with Crippen LogP contribution in [0, 0.1) is 0 Å². The highest BCUT2D eigenvalue weighted by molar-refractivity contribution is 5.90. The summed E-state index contributed by atoms with van der Waals surface area (Å²) in [5.74, 6) is -0.483. The average Bonchev–Trinajstić information content (AvgIpc) is 2.56. The Morgan fingerprint density at radius 2 is 1.92 bits per heavy atom. The van der Waals surface area contributed by atoms with Gasteiger partial charge in [0.25, 0.3) is 0 Å². The second kappa shape index (κ2) is 7.68. The van der Waals surface area contributed by atoms with Gasteiger partial charge >= 0.3 is 6.16 Å². The van der Waals surface area contributed by atoms with Gasteiger partial charge in [-0.2, -0.15) is 5.11 Å². The number of methoxy groups -OCH3 is 1. The number of hydrogen-bond donors (Lipinski definition) is 2. The molecule has 0 aliphatic carbocycles. The molecule has 1 aromatic heterocycles. The third-order valence-electron chi connectivity index (χ3n) is 2.68. The number of carbonyl (C=O) groups excluding carboxylic acids is 2. The first-order valence-electron chi connectivity index (χ1n) is 6.80. The van der Waals surface area contributed by atoms with E-state index < -0.39 is 12.1 Å². The SMILES string of the molecule is COC(=O)Oc1cc(/N=N/c2ccccc2)c(N)nc1NC(C)=O. The molecule has 3 N–H and O–H groups in total. The maximum Gasteiger partial charge on any atom is 0.513 e. The summed E-state index contributed by atoms with van der Waals surface area (Å²) in [6, 6.07) is 10.3. The quantitative estimate of drug-likeness (QED) is 0.654. The molecule has 24 heavy (non-hydrogen) atoms. The lowest BCUT2D eigenvalue weighted by Gasteiger charge is -2.10. The van der Waals surface area contributed by atoms with Crippen molar-refractivity contribution in [2.75, 3.05) is 18.2 Å². The Bertz CT molecular complexity index is 777. The number of aromatic nitrogens is 1. The number of carbonyl (C=O) groups is 2. The molecule has 2 rings (SSSR count). The van der Waals surface area contributed by atoms with E-state index >= 15 is 0 Å². The minimum absolute atomic E-state index is 0.00986. The molecule has 1 aromatic carbocycles. The second-order valence-corrected chi connectivity index (χ2v) is 4.51. The summed E-state index contributed by atoms with van der Waals surface area (Å²) in [5, 5.41) is 10.4. The molecule has 0 bridgehead atoms. The molecule has 0 radical (unpaired) electrons. The molecule has 0 atom stereocenters. The fourth-order valence-electron chi connectivity index (χ4n) is 1.65. The van der Waals surface area contributed by atoms with Gasteiger partial charge in [-0.15, -0.1) is 5.11 Å². The summed E-state index contributed by atoms with van der Waals surface area (Å²) < 4.78 is 9.37. The van der Waals surface area contributed by atoms with Crippen molar-refractivity contribution < 1.29 is 19.1 Å². The fourth-order valence-corrected chi connectivity index (χ4v) is 1.65. The van der Waals surface area contributed by atoms with Crippen LogP contribution in [0.1, 0.15) is 6.92 Å². The lowest BCUT2D eigenvalue weighted by molar-refractivity contribution is -0.114. The van der Waals surface area contributed by atoms with Gasteiger partial charge in [0.05, 0.1) is 12.8 Å². The Kier molecular flexibility index (Phi) is 5.40. The van der Waals surface area contributed by atoms with Crippen LogP contribution in [0.25, 0.3) is 0 Å². The van der Waals surface area contributed by atoms with Crippen LogP contribution in [0.2, 0.25) is 0 Å². The Morgan fingerprint density at radius 3 is 2.54 bits per heavy atom. The number of anilines is 2. The minimum atomic E-state index is -0.973. The summed E-state index contributed by atoms with van der Waals surface area (Å²) in [4.78, 5) is 26.5. The number of ether oxygens (including phenoxy) is 2. The Morgan fingerprint density at radius 1 is 1.21 bits per heavy atom. The number of pyridine rings is 1. The summed E-state index contributed by atoms with van der Waals surface area (Å²) >= 11 is 0. The van der Waals surface area contributed by atoms with Crippen LogP contribution in [0.15, 0.2) is 46.6 Å². The van der Waals surface area contributed by atoms with Gasteiger partial charge in [-0.3, -0.25) is 4.79 Å². The lowest BCUT2D eigenvalue weighted by atomic mass is 10.3. The molecule has 0 aliphatic heterocycles. The first-order valence-corrected chi connectivity index (χ1v) is 6.80. The van der Waals surface area contributed by atoms with Gasteiger partial charge in [-0.05, 0) is 12.1 Å². The average molecular weight is 329 g/mol. The molecule has 0 fully saturated rings. The first-order chi connectivity index (χ1) is 11.5. The summed E-state index contributed by atoms with van der Waals surface area (Å²) in [7, 11) is 1.15. The number of amides is 1. The zero-order valence-corrected chi connectivity index (χ0v) is 13.0. The van der Waals surface area contributed by atoms with Gasteiger partial charge in [0.1, 0.15) is 5.69 Å². The van der Waals surface area contributed by atoms with Crippen LogP contribution >= 0.6 is 0 Å². The van der Waals surface area contributed by atoms with E-state index in [4.69, 9.17) is 10.5 Å². The molecule has 1 amide bonds. The Balaban J connectivity index is 2.37. The van der Waals surface area contributed by atoms with E-state index in [0.29, 0.717) is 5.69 Å². The van der Waals surface area contributed by atoms with Gasteiger partial charge in [0, 0.05) is 13.0 Å². The highest BCUT2D eigenvalue weighted by Gasteiger charge is 2.16. The number of nitrogens with zero attached hydrogens (tertiary/aromatic N) is 3. The molecular weight excluding hydrogens is 314 g/mol. The van der Waals surface area contributed by atoms with Gasteiger partial charge < -0.3 is 20.5 Å². The van der Waals surface area contributed by atoms with E-state index in [1.165, 1.54) is 13.0 Å². The largest absolute Gasteiger partial charge is 0.513 e. The van der Waals surface area contributed by atoms with Crippen molar-refractivity contribution in [2.24, 2.45) is 10.2 Å². The normalized spacial score (nSPS) is 10.4. The van der Waals surface area contributed by atoms with Crippen LogP contribution in [0.5, 0.6) is 5.75 Å². The van der Waals surface area contributed by atoms with Crippen molar-refractivity contribution in [1.82, 2.24) is 4.98 Å². The van der Waals surface area contributed by atoms with Crippen LogP contribution in [0.3, 0.4) is 0 Å². The predicted molar refractivity (Wildman–Crippen MR) is 86.6 cm³/mol. The van der Waals surface area contributed by atoms with E-state index in [1.54, 1.807) is 12.1 Å². The molecule has 0 aliphatic rings. The van der Waals surface area contributed by atoms with Crippen molar-refractivity contribution in [3.8, 4) is 5.75 Å². The number of nitrogen functional groups attached to an aromatic ring is 1. The van der Waals surface area contributed by atoms with Crippen molar-refractivity contribution >= 4 is 35.1 Å². The summed E-state index contributed by atoms with van der Waals surface area (Å²) in [6.45, 7) is 1.28. The summed E-state index contributed by atoms with van der Waals surface area (Å²) in [5.41, 5.74) is 6.59. The van der Waals surface area contributed by atoms with Crippen LogP contribution < -0.4 is 15.8 Å². The third-order valence-corrected chi connectivity index (χ3v) is 2.68. The minimum Gasteiger partial charge on any atom is -0.437 e. The van der Waals surface area contributed by atoms with Crippen molar-refractivity contribution in [2.45, 2.75) is 6.92 Å². The van der Waals surface area contributed by atoms with Gasteiger partial charge in [-0.25, -0.2) is 9.78 Å². The van der Waals surface area contributed by atoms with E-state index in [1.807, 2.05) is 18.2 Å². The number of azo groups is 1. The molecule has 1 heterocycles. The Labute approximate surface area is 137 Å². The lowest BCUT2D eigenvalue weighted by Crippen LogP contribution is -2.13. The molecule has 0 saturated heterocycles. The maximum absolute atomic E-state index is 11.3. The second-order valence-electron chi connectivity index (χ2n) is 4.51. The molecule has 2 aromatic rings. The molecule has 0 saturated carbocycles. The molecular formula is C15H15N5O4. The molecule has 124 valence electrons. The van der Waals surface area contributed by atoms with E-state index in [0.717, 1.165) is 7.11 Å². The fraction of sp³-hybridized carbons (Fsp3) is 0.133. The van der Waals surface area contributed by atoms with E-state index in [2.05, 4.69) is 25.3 Å². The first kappa shape index (κ1) is 16.9. The zero-order chi connectivity index (χ0) is 17.5. The Hall–Kier alpha value is -3.49.